The second-order valence-corrected chi connectivity index (χ2v) is 10.3. The maximum absolute atomic E-state index is 12.1. The van der Waals surface area contributed by atoms with Crippen LogP contribution in [0.3, 0.4) is 0 Å². The van der Waals surface area contributed by atoms with Crippen LogP contribution in [0.25, 0.3) is 0 Å². The Morgan fingerprint density at radius 3 is 2.72 bits per heavy atom. The molecule has 25 heavy (non-hydrogen) atoms. The number of hydrogen-bond donors (Lipinski definition) is 0. The van der Waals surface area contributed by atoms with Crippen molar-refractivity contribution in [3.05, 3.63) is 11.6 Å². The van der Waals surface area contributed by atoms with Gasteiger partial charge >= 0.3 is 0 Å². The number of carbonyl (C=O) groups excluding carboxylic acids is 1. The smallest absolute Gasteiger partial charge is 0.155 e. The number of nitriles is 1. The Kier molecular flexibility index (Phi) is 3.22. The molecule has 0 radical (unpaired) electrons. The largest absolute Gasteiger partial charge is 0.295 e. The zero-order chi connectivity index (χ0) is 17.6. The number of carbonyl (C=O) groups is 1. The molecule has 0 bridgehead atoms. The highest BCUT2D eigenvalue weighted by atomic mass is 16.1. The minimum absolute atomic E-state index is 0.244. The van der Waals surface area contributed by atoms with E-state index in [1.807, 2.05) is 6.08 Å². The van der Waals surface area contributed by atoms with Crippen molar-refractivity contribution >= 4 is 5.78 Å². The average Bonchev–Trinajstić information content (AvgIpc) is 3.30. The lowest BCUT2D eigenvalue weighted by Gasteiger charge is -2.60. The Labute approximate surface area is 152 Å². The Morgan fingerprint density at radius 2 is 2.00 bits per heavy atom. The van der Waals surface area contributed by atoms with E-state index in [9.17, 15) is 10.1 Å². The van der Waals surface area contributed by atoms with Crippen LogP contribution in [0.4, 0.5) is 0 Å². The second kappa shape index (κ2) is 4.99. The first-order valence-corrected chi connectivity index (χ1v) is 10.6. The zero-order valence-corrected chi connectivity index (χ0v) is 15.9. The molecule has 0 heterocycles. The van der Waals surface area contributed by atoms with Crippen LogP contribution in [0, 0.1) is 63.6 Å². The quantitative estimate of drug-likeness (QED) is 0.664. The van der Waals surface area contributed by atoms with E-state index in [2.05, 4.69) is 26.8 Å². The molecule has 5 rings (SSSR count). The summed E-state index contributed by atoms with van der Waals surface area (Å²) >= 11 is 0. The lowest BCUT2D eigenvalue weighted by Crippen LogP contribution is -2.53. The maximum Gasteiger partial charge on any atom is 0.155 e. The van der Waals surface area contributed by atoms with Crippen LogP contribution >= 0.6 is 0 Å². The number of allylic oxidation sites excluding steroid dienone is 1. The van der Waals surface area contributed by atoms with Gasteiger partial charge in [-0.15, -0.1) is 0 Å². The van der Waals surface area contributed by atoms with Crippen LogP contribution in [0.2, 0.25) is 0 Å². The average molecular weight is 338 g/mol. The molecular formula is C23H31NO. The molecule has 0 N–H and O–H groups in total. The summed E-state index contributed by atoms with van der Waals surface area (Å²) in [5.74, 6) is 5.09. The van der Waals surface area contributed by atoms with E-state index in [1.165, 1.54) is 31.3 Å². The molecule has 9 atom stereocenters. The first kappa shape index (κ1) is 16.1. The molecule has 0 aromatic heterocycles. The summed E-state index contributed by atoms with van der Waals surface area (Å²) < 4.78 is 0. The first-order valence-electron chi connectivity index (χ1n) is 10.6. The van der Waals surface area contributed by atoms with Gasteiger partial charge < -0.3 is 0 Å². The van der Waals surface area contributed by atoms with Crippen molar-refractivity contribution in [3.8, 4) is 6.07 Å². The molecule has 4 saturated carbocycles. The van der Waals surface area contributed by atoms with Crippen molar-refractivity contribution in [1.82, 2.24) is 0 Å². The monoisotopic (exact) mass is 337 g/mol. The van der Waals surface area contributed by atoms with Gasteiger partial charge in [0, 0.05) is 6.42 Å². The molecule has 4 fully saturated rings. The summed E-state index contributed by atoms with van der Waals surface area (Å²) in [6, 6.07) is 2.73. The van der Waals surface area contributed by atoms with Gasteiger partial charge in [-0.25, -0.2) is 0 Å². The highest BCUT2D eigenvalue weighted by Gasteiger charge is 2.70. The number of nitrogens with zero attached hydrogens (tertiary/aromatic N) is 1. The van der Waals surface area contributed by atoms with Gasteiger partial charge in [0.15, 0.2) is 5.78 Å². The Hall–Kier alpha value is -1.10. The van der Waals surface area contributed by atoms with Crippen molar-refractivity contribution in [3.63, 3.8) is 0 Å². The fraction of sp³-hybridized carbons (Fsp3) is 0.826. The lowest BCUT2D eigenvalue weighted by molar-refractivity contribution is -0.118. The molecule has 2 heteroatoms. The fourth-order valence-electron chi connectivity index (χ4n) is 8.39. The van der Waals surface area contributed by atoms with Crippen molar-refractivity contribution < 1.29 is 4.79 Å². The molecule has 134 valence electrons. The Morgan fingerprint density at radius 1 is 1.20 bits per heavy atom. The van der Waals surface area contributed by atoms with Gasteiger partial charge in [-0.3, -0.25) is 4.79 Å². The molecule has 0 spiro atoms. The third-order valence-corrected chi connectivity index (χ3v) is 9.54. The summed E-state index contributed by atoms with van der Waals surface area (Å²) in [5.41, 5.74) is 2.01. The normalized spacial score (nSPS) is 56.0. The number of rotatable bonds is 1. The van der Waals surface area contributed by atoms with Gasteiger partial charge in [-0.05, 0) is 90.9 Å². The van der Waals surface area contributed by atoms with Gasteiger partial charge in [-0.2, -0.15) is 5.26 Å². The van der Waals surface area contributed by atoms with E-state index in [0.29, 0.717) is 23.5 Å². The number of ketones is 1. The van der Waals surface area contributed by atoms with E-state index in [4.69, 9.17) is 0 Å². The molecule has 5 aliphatic carbocycles. The zero-order valence-electron chi connectivity index (χ0n) is 15.9. The molecular weight excluding hydrogens is 306 g/mol. The Bertz CT molecular complexity index is 701. The minimum atomic E-state index is 0.244. The molecule has 0 aromatic rings. The van der Waals surface area contributed by atoms with Gasteiger partial charge in [0.25, 0.3) is 0 Å². The Balaban J connectivity index is 1.57. The number of hydrogen-bond acceptors (Lipinski definition) is 2. The summed E-state index contributed by atoms with van der Waals surface area (Å²) in [7, 11) is 0. The molecule has 0 amide bonds. The molecule has 0 aliphatic heterocycles. The van der Waals surface area contributed by atoms with Crippen molar-refractivity contribution in [2.24, 2.45) is 52.3 Å². The third-order valence-electron chi connectivity index (χ3n) is 9.54. The van der Waals surface area contributed by atoms with Crippen molar-refractivity contribution in [1.29, 1.82) is 5.26 Å². The standard InChI is InChI=1S/C23H31NO/c1-4-13-9-17-18(22(2)7-5-14(25)10-19(13)22)6-8-23(3)20(12-24)15-11-16(15)21(17)23/h10,13,15-18,20-21H,4-9,11H2,1-3H3/t13-,15?,16?,17?,18?,20+,21?,22-,23-/m1/s1. The lowest BCUT2D eigenvalue weighted by atomic mass is 9.44. The highest BCUT2D eigenvalue weighted by Crippen LogP contribution is 2.75. The summed E-state index contributed by atoms with van der Waals surface area (Å²) in [5, 5.41) is 9.83. The highest BCUT2D eigenvalue weighted by molar-refractivity contribution is 5.91. The van der Waals surface area contributed by atoms with E-state index < -0.39 is 0 Å². The van der Waals surface area contributed by atoms with Gasteiger partial charge in [-0.1, -0.05) is 26.3 Å². The molecule has 5 aliphatic rings. The van der Waals surface area contributed by atoms with Crippen LogP contribution in [-0.2, 0) is 4.79 Å². The molecule has 5 unspecified atom stereocenters. The fourth-order valence-corrected chi connectivity index (χ4v) is 8.39. The van der Waals surface area contributed by atoms with Gasteiger partial charge in [0.1, 0.15) is 0 Å². The predicted molar refractivity (Wildman–Crippen MR) is 97.3 cm³/mol. The second-order valence-electron chi connectivity index (χ2n) is 10.3. The third kappa shape index (κ3) is 1.88. The van der Waals surface area contributed by atoms with Crippen molar-refractivity contribution in [2.75, 3.05) is 0 Å². The first-order chi connectivity index (χ1) is 11.9. The molecule has 2 nitrogen and oxygen atoms in total. The maximum atomic E-state index is 12.1. The van der Waals surface area contributed by atoms with Crippen LogP contribution in [0.15, 0.2) is 11.6 Å². The minimum Gasteiger partial charge on any atom is -0.295 e. The molecule has 0 aromatic carbocycles. The van der Waals surface area contributed by atoms with Crippen LogP contribution in [-0.4, -0.2) is 5.78 Å². The van der Waals surface area contributed by atoms with E-state index in [-0.39, 0.29) is 10.8 Å². The topological polar surface area (TPSA) is 40.9 Å². The summed E-state index contributed by atoms with van der Waals surface area (Å²) in [6.07, 6.45) is 10.1. The summed E-state index contributed by atoms with van der Waals surface area (Å²) in [4.78, 5) is 12.1. The van der Waals surface area contributed by atoms with Crippen LogP contribution < -0.4 is 0 Å². The van der Waals surface area contributed by atoms with Crippen LogP contribution in [0.1, 0.15) is 65.7 Å². The van der Waals surface area contributed by atoms with E-state index >= 15 is 0 Å². The van der Waals surface area contributed by atoms with Crippen molar-refractivity contribution in [2.45, 2.75) is 65.7 Å². The van der Waals surface area contributed by atoms with Gasteiger partial charge in [0.2, 0.25) is 0 Å². The van der Waals surface area contributed by atoms with Crippen LogP contribution in [0.5, 0.6) is 0 Å². The SMILES string of the molecule is CC[C@@H]1CC2C(CC[C@@]3(C)C2C2CC2[C@@H]3C#N)[C@@]2(C)CCC(=O)C=C12. The number of fused-ring (bicyclic) bond motifs is 7. The van der Waals surface area contributed by atoms with Gasteiger partial charge in [0.05, 0.1) is 12.0 Å². The predicted octanol–water partition coefficient (Wildman–Crippen LogP) is 5.15. The molecule has 0 saturated heterocycles. The van der Waals surface area contributed by atoms with E-state index in [0.717, 1.165) is 42.9 Å². The summed E-state index contributed by atoms with van der Waals surface area (Å²) in [6.45, 7) is 7.24. The van der Waals surface area contributed by atoms with E-state index in [1.54, 1.807) is 0 Å².